The van der Waals surface area contributed by atoms with E-state index >= 15 is 0 Å². The summed E-state index contributed by atoms with van der Waals surface area (Å²) in [5.74, 6) is 0.646. The van der Waals surface area contributed by atoms with Crippen LogP contribution in [-0.2, 0) is 4.79 Å². The molecule has 2 rings (SSSR count). The summed E-state index contributed by atoms with van der Waals surface area (Å²) in [4.78, 5) is 14.4. The molecule has 1 aromatic rings. The first-order chi connectivity index (χ1) is 8.72. The van der Waals surface area contributed by atoms with Gasteiger partial charge in [-0.05, 0) is 30.7 Å². The maximum absolute atomic E-state index is 12.3. The number of benzene rings is 1. The van der Waals surface area contributed by atoms with Crippen molar-refractivity contribution in [3.8, 4) is 0 Å². The monoisotopic (exact) mass is 245 g/mol. The molecule has 1 heterocycles. The van der Waals surface area contributed by atoms with Gasteiger partial charge in [-0.2, -0.15) is 0 Å². The smallest absolute Gasteiger partial charge is 0.223 e. The molecule has 2 atom stereocenters. The second kappa shape index (κ2) is 6.03. The van der Waals surface area contributed by atoms with Crippen LogP contribution in [0.2, 0.25) is 0 Å². The Bertz CT molecular complexity index is 387. The van der Waals surface area contributed by atoms with Crippen molar-refractivity contribution in [2.45, 2.75) is 51.5 Å². The van der Waals surface area contributed by atoms with E-state index in [-0.39, 0.29) is 0 Å². The van der Waals surface area contributed by atoms with Gasteiger partial charge in [0.15, 0.2) is 0 Å². The lowest BCUT2D eigenvalue weighted by molar-refractivity contribution is -0.132. The number of carbonyl (C=O) groups is 1. The lowest BCUT2D eigenvalue weighted by atomic mass is 9.97. The fraction of sp³-hybridized carbons (Fsp3) is 0.562. The van der Waals surface area contributed by atoms with Crippen molar-refractivity contribution in [1.29, 1.82) is 0 Å². The fourth-order valence-electron chi connectivity index (χ4n) is 2.87. The Labute approximate surface area is 110 Å². The molecule has 0 N–H and O–H groups in total. The molecular weight excluding hydrogens is 222 g/mol. The van der Waals surface area contributed by atoms with Gasteiger partial charge < -0.3 is 4.90 Å². The van der Waals surface area contributed by atoms with Crippen molar-refractivity contribution >= 4 is 5.91 Å². The molecular formula is C16H23NO. The van der Waals surface area contributed by atoms with Crippen molar-refractivity contribution in [2.24, 2.45) is 0 Å². The van der Waals surface area contributed by atoms with Gasteiger partial charge in [-0.1, -0.05) is 44.2 Å². The van der Waals surface area contributed by atoms with Gasteiger partial charge in [0.25, 0.3) is 0 Å². The molecule has 2 unspecified atom stereocenters. The summed E-state index contributed by atoms with van der Waals surface area (Å²) in [6, 6.07) is 10.8. The Morgan fingerprint density at radius 3 is 2.78 bits per heavy atom. The Kier molecular flexibility index (Phi) is 4.40. The van der Waals surface area contributed by atoms with Crippen molar-refractivity contribution in [3.05, 3.63) is 35.9 Å². The lowest BCUT2D eigenvalue weighted by Crippen LogP contribution is -2.35. The van der Waals surface area contributed by atoms with Crippen molar-refractivity contribution in [1.82, 2.24) is 4.90 Å². The van der Waals surface area contributed by atoms with Crippen LogP contribution >= 0.6 is 0 Å². The molecule has 1 amide bonds. The molecule has 98 valence electrons. The molecule has 1 aliphatic rings. The first kappa shape index (κ1) is 13.1. The highest BCUT2D eigenvalue weighted by atomic mass is 16.2. The average molecular weight is 245 g/mol. The molecule has 0 radical (unpaired) electrons. The number of hydrogen-bond donors (Lipinski definition) is 0. The zero-order valence-electron chi connectivity index (χ0n) is 11.4. The Hall–Kier alpha value is -1.31. The second-order valence-electron chi connectivity index (χ2n) is 5.31. The minimum absolute atomic E-state index is 0.316. The van der Waals surface area contributed by atoms with Crippen molar-refractivity contribution in [2.75, 3.05) is 6.54 Å². The molecule has 1 saturated heterocycles. The van der Waals surface area contributed by atoms with E-state index in [4.69, 9.17) is 0 Å². The van der Waals surface area contributed by atoms with Gasteiger partial charge in [0.2, 0.25) is 5.91 Å². The molecule has 1 fully saturated rings. The van der Waals surface area contributed by atoms with E-state index in [1.807, 2.05) is 18.2 Å². The molecule has 0 aromatic heterocycles. The van der Waals surface area contributed by atoms with Gasteiger partial charge in [0.1, 0.15) is 0 Å². The van der Waals surface area contributed by atoms with E-state index in [0.717, 1.165) is 13.0 Å². The molecule has 2 nitrogen and oxygen atoms in total. The molecule has 0 saturated carbocycles. The number of likely N-dealkylation sites (tertiary alicyclic amines) is 1. The maximum Gasteiger partial charge on any atom is 0.223 e. The third kappa shape index (κ3) is 2.92. The van der Waals surface area contributed by atoms with Crippen LogP contribution < -0.4 is 0 Å². The van der Waals surface area contributed by atoms with E-state index in [1.165, 1.54) is 18.4 Å². The van der Waals surface area contributed by atoms with Crippen LogP contribution in [0.4, 0.5) is 0 Å². The number of amides is 1. The van der Waals surface area contributed by atoms with Crippen LogP contribution in [0.25, 0.3) is 0 Å². The number of nitrogens with zero attached hydrogens (tertiary/aromatic N) is 1. The van der Waals surface area contributed by atoms with Gasteiger partial charge in [0, 0.05) is 19.0 Å². The third-order valence-electron chi connectivity index (χ3n) is 4.02. The quantitative estimate of drug-likeness (QED) is 0.794. The molecule has 18 heavy (non-hydrogen) atoms. The first-order valence-electron chi connectivity index (χ1n) is 7.06. The largest absolute Gasteiger partial charge is 0.340 e. The summed E-state index contributed by atoms with van der Waals surface area (Å²) in [5, 5.41) is 0. The van der Waals surface area contributed by atoms with Crippen LogP contribution in [-0.4, -0.2) is 23.4 Å². The fourth-order valence-corrected chi connectivity index (χ4v) is 2.87. The molecule has 0 spiro atoms. The van der Waals surface area contributed by atoms with Gasteiger partial charge in [-0.25, -0.2) is 0 Å². The third-order valence-corrected chi connectivity index (χ3v) is 4.02. The maximum atomic E-state index is 12.3. The number of carbonyl (C=O) groups excluding carboxylic acids is 1. The van der Waals surface area contributed by atoms with Gasteiger partial charge >= 0.3 is 0 Å². The van der Waals surface area contributed by atoms with E-state index in [0.29, 0.717) is 24.3 Å². The first-order valence-corrected chi connectivity index (χ1v) is 7.06. The van der Waals surface area contributed by atoms with Gasteiger partial charge in [-0.3, -0.25) is 4.79 Å². The molecule has 2 heteroatoms. The van der Waals surface area contributed by atoms with Crippen LogP contribution in [0.3, 0.4) is 0 Å². The predicted octanol–water partition coefficient (Wildman–Crippen LogP) is 3.58. The molecule has 1 aromatic carbocycles. The van der Waals surface area contributed by atoms with E-state index < -0.39 is 0 Å². The normalized spacial score (nSPS) is 21.0. The Balaban J connectivity index is 1.95. The average Bonchev–Trinajstić information content (AvgIpc) is 2.88. The SMILES string of the molecule is CCC1CCCN1C(=O)CC(C)c1ccccc1. The summed E-state index contributed by atoms with van der Waals surface area (Å²) in [6.45, 7) is 5.28. The highest BCUT2D eigenvalue weighted by Gasteiger charge is 2.27. The van der Waals surface area contributed by atoms with Crippen LogP contribution in [0.5, 0.6) is 0 Å². The second-order valence-corrected chi connectivity index (χ2v) is 5.31. The highest BCUT2D eigenvalue weighted by Crippen LogP contribution is 2.25. The van der Waals surface area contributed by atoms with Crippen LogP contribution in [0.1, 0.15) is 51.0 Å². The van der Waals surface area contributed by atoms with E-state index in [9.17, 15) is 4.79 Å². The van der Waals surface area contributed by atoms with Crippen LogP contribution in [0, 0.1) is 0 Å². The number of hydrogen-bond acceptors (Lipinski definition) is 1. The summed E-state index contributed by atoms with van der Waals surface area (Å²) in [7, 11) is 0. The zero-order chi connectivity index (χ0) is 13.0. The Morgan fingerprint density at radius 1 is 1.39 bits per heavy atom. The summed E-state index contributed by atoms with van der Waals surface area (Å²) >= 11 is 0. The van der Waals surface area contributed by atoms with Crippen LogP contribution in [0.15, 0.2) is 30.3 Å². The van der Waals surface area contributed by atoms with Gasteiger partial charge in [-0.15, -0.1) is 0 Å². The highest BCUT2D eigenvalue weighted by molar-refractivity contribution is 5.77. The zero-order valence-corrected chi connectivity index (χ0v) is 11.4. The molecule has 1 aliphatic heterocycles. The van der Waals surface area contributed by atoms with E-state index in [2.05, 4.69) is 30.9 Å². The minimum atomic E-state index is 0.316. The van der Waals surface area contributed by atoms with Crippen molar-refractivity contribution < 1.29 is 4.79 Å². The van der Waals surface area contributed by atoms with Gasteiger partial charge in [0.05, 0.1) is 0 Å². The summed E-state index contributed by atoms with van der Waals surface area (Å²) in [6.07, 6.45) is 4.08. The lowest BCUT2D eigenvalue weighted by Gasteiger charge is -2.25. The van der Waals surface area contributed by atoms with Crippen molar-refractivity contribution in [3.63, 3.8) is 0 Å². The number of rotatable bonds is 4. The molecule has 0 bridgehead atoms. The Morgan fingerprint density at radius 2 is 2.11 bits per heavy atom. The standard InChI is InChI=1S/C16H23NO/c1-3-15-10-7-11-17(15)16(18)12-13(2)14-8-5-4-6-9-14/h4-6,8-9,13,15H,3,7,10-12H2,1-2H3. The topological polar surface area (TPSA) is 20.3 Å². The summed E-state index contributed by atoms with van der Waals surface area (Å²) in [5.41, 5.74) is 1.26. The predicted molar refractivity (Wildman–Crippen MR) is 74.5 cm³/mol. The summed E-state index contributed by atoms with van der Waals surface area (Å²) < 4.78 is 0. The van der Waals surface area contributed by atoms with E-state index in [1.54, 1.807) is 0 Å². The minimum Gasteiger partial charge on any atom is -0.340 e. The molecule has 0 aliphatic carbocycles.